The lowest BCUT2D eigenvalue weighted by molar-refractivity contribution is -0.145. The van der Waals surface area contributed by atoms with Crippen molar-refractivity contribution in [3.05, 3.63) is 29.8 Å². The molecule has 3 N–H and O–H groups in total. The second kappa shape index (κ2) is 8.18. The third-order valence-electron chi connectivity index (χ3n) is 4.86. The zero-order chi connectivity index (χ0) is 19.4. The van der Waals surface area contributed by atoms with Gasteiger partial charge < -0.3 is 10.4 Å². The molecule has 0 bridgehead atoms. The van der Waals surface area contributed by atoms with Gasteiger partial charge in [-0.1, -0.05) is 26.2 Å². The number of amides is 1. The Morgan fingerprint density at radius 3 is 2.23 bits per heavy atom. The van der Waals surface area contributed by atoms with E-state index >= 15 is 0 Å². The van der Waals surface area contributed by atoms with Crippen LogP contribution >= 0.6 is 0 Å². The fourth-order valence-corrected chi connectivity index (χ4v) is 4.37. The maximum atomic E-state index is 12.5. The molecule has 0 radical (unpaired) electrons. The van der Waals surface area contributed by atoms with Crippen molar-refractivity contribution in [3.63, 3.8) is 0 Å². The van der Waals surface area contributed by atoms with Crippen LogP contribution in [0.15, 0.2) is 29.2 Å². The number of benzene rings is 1. The number of nitrogens with one attached hydrogen (secondary N) is 2. The topological polar surface area (TPSA) is 113 Å². The average molecular weight is 382 g/mol. The van der Waals surface area contributed by atoms with Crippen molar-refractivity contribution in [2.75, 3.05) is 0 Å². The Morgan fingerprint density at radius 2 is 1.73 bits per heavy atom. The molecule has 26 heavy (non-hydrogen) atoms. The van der Waals surface area contributed by atoms with E-state index in [0.29, 0.717) is 19.3 Å². The molecule has 0 heterocycles. The first-order valence-electron chi connectivity index (χ1n) is 8.88. The van der Waals surface area contributed by atoms with Crippen molar-refractivity contribution in [3.8, 4) is 0 Å². The van der Waals surface area contributed by atoms with Crippen LogP contribution in [0, 0.1) is 0 Å². The van der Waals surface area contributed by atoms with Crippen molar-refractivity contribution in [2.24, 2.45) is 0 Å². The first-order chi connectivity index (χ1) is 12.2. The van der Waals surface area contributed by atoms with E-state index in [9.17, 15) is 23.1 Å². The second-order valence-electron chi connectivity index (χ2n) is 6.86. The van der Waals surface area contributed by atoms with E-state index in [1.807, 2.05) is 6.92 Å². The quantitative estimate of drug-likeness (QED) is 0.670. The summed E-state index contributed by atoms with van der Waals surface area (Å²) in [6.45, 7) is 3.65. The van der Waals surface area contributed by atoms with Crippen molar-refractivity contribution >= 4 is 21.9 Å². The van der Waals surface area contributed by atoms with Crippen LogP contribution in [0.2, 0.25) is 0 Å². The Kier molecular flexibility index (Phi) is 6.41. The van der Waals surface area contributed by atoms with Gasteiger partial charge in [0.05, 0.1) is 4.90 Å². The lowest BCUT2D eigenvalue weighted by Gasteiger charge is -2.34. The SMILES string of the molecule is CCC(C)NS(=O)(=O)c1ccc(C(=O)NC2(C(=O)O)CCCCC2)cc1. The highest BCUT2D eigenvalue weighted by atomic mass is 32.2. The molecule has 1 atom stereocenters. The molecule has 1 amide bonds. The van der Waals surface area contributed by atoms with Crippen molar-refractivity contribution in [1.82, 2.24) is 10.0 Å². The summed E-state index contributed by atoms with van der Waals surface area (Å²) in [6, 6.07) is 5.32. The summed E-state index contributed by atoms with van der Waals surface area (Å²) in [7, 11) is -3.64. The Labute approximate surface area is 154 Å². The molecule has 1 saturated carbocycles. The zero-order valence-corrected chi connectivity index (χ0v) is 15.9. The number of sulfonamides is 1. The van der Waals surface area contributed by atoms with Crippen LogP contribution in [0.5, 0.6) is 0 Å². The minimum Gasteiger partial charge on any atom is -0.480 e. The van der Waals surface area contributed by atoms with Crippen LogP contribution in [0.3, 0.4) is 0 Å². The fourth-order valence-electron chi connectivity index (χ4n) is 3.04. The molecule has 2 rings (SSSR count). The highest BCUT2D eigenvalue weighted by Gasteiger charge is 2.41. The first kappa shape index (κ1) is 20.4. The standard InChI is InChI=1S/C18H26N2O5S/c1-3-13(2)20-26(24,25)15-9-7-14(8-10-15)16(21)19-18(17(22)23)11-5-4-6-12-18/h7-10,13,20H,3-6,11-12H2,1-2H3,(H,19,21)(H,22,23). The fraction of sp³-hybridized carbons (Fsp3) is 0.556. The van der Waals surface area contributed by atoms with E-state index in [4.69, 9.17) is 0 Å². The molecule has 7 nitrogen and oxygen atoms in total. The van der Waals surface area contributed by atoms with Gasteiger partial charge in [-0.25, -0.2) is 17.9 Å². The number of carboxylic acids is 1. The predicted octanol–water partition coefficient (Wildman–Crippen LogP) is 2.28. The van der Waals surface area contributed by atoms with E-state index in [1.165, 1.54) is 24.3 Å². The highest BCUT2D eigenvalue weighted by molar-refractivity contribution is 7.89. The normalized spacial score (nSPS) is 18.1. The van der Waals surface area contributed by atoms with Crippen LogP contribution in [-0.4, -0.2) is 37.0 Å². The van der Waals surface area contributed by atoms with Gasteiger partial charge in [0.15, 0.2) is 0 Å². The van der Waals surface area contributed by atoms with Crippen molar-refractivity contribution in [2.45, 2.75) is 68.8 Å². The van der Waals surface area contributed by atoms with Crippen molar-refractivity contribution in [1.29, 1.82) is 0 Å². The van der Waals surface area contributed by atoms with Gasteiger partial charge in [0.25, 0.3) is 5.91 Å². The van der Waals surface area contributed by atoms with Crippen LogP contribution in [0.25, 0.3) is 0 Å². The number of carbonyl (C=O) groups excluding carboxylic acids is 1. The lowest BCUT2D eigenvalue weighted by Crippen LogP contribution is -2.55. The largest absolute Gasteiger partial charge is 0.480 e. The summed E-state index contributed by atoms with van der Waals surface area (Å²) in [4.78, 5) is 24.2. The Hall–Kier alpha value is -1.93. The number of hydrogen-bond donors (Lipinski definition) is 3. The summed E-state index contributed by atoms with van der Waals surface area (Å²) in [5.41, 5.74) is -1.00. The molecule has 144 valence electrons. The first-order valence-corrected chi connectivity index (χ1v) is 10.4. The van der Waals surface area contributed by atoms with E-state index < -0.39 is 27.4 Å². The Morgan fingerprint density at radius 1 is 1.15 bits per heavy atom. The molecule has 1 aromatic rings. The minimum absolute atomic E-state index is 0.0694. The zero-order valence-electron chi connectivity index (χ0n) is 15.1. The molecular formula is C18H26N2O5S. The van der Waals surface area contributed by atoms with Crippen LogP contribution in [-0.2, 0) is 14.8 Å². The summed E-state index contributed by atoms with van der Waals surface area (Å²) in [5.74, 6) is -1.53. The minimum atomic E-state index is -3.64. The molecule has 8 heteroatoms. The molecule has 1 fully saturated rings. The molecule has 0 aromatic heterocycles. The lowest BCUT2D eigenvalue weighted by atomic mass is 9.81. The summed E-state index contributed by atoms with van der Waals surface area (Å²) in [6.07, 6.45) is 3.94. The number of carboxylic acid groups (broad SMARTS) is 1. The van der Waals surface area contributed by atoms with Gasteiger partial charge in [-0.15, -0.1) is 0 Å². The summed E-state index contributed by atoms with van der Waals surface area (Å²) in [5, 5.41) is 12.2. The maximum Gasteiger partial charge on any atom is 0.329 e. The number of rotatable bonds is 7. The third-order valence-corrected chi connectivity index (χ3v) is 6.47. The average Bonchev–Trinajstić information content (AvgIpc) is 2.62. The molecule has 0 aliphatic heterocycles. The second-order valence-corrected chi connectivity index (χ2v) is 8.57. The predicted molar refractivity (Wildman–Crippen MR) is 97.4 cm³/mol. The summed E-state index contributed by atoms with van der Waals surface area (Å²) < 4.78 is 27.1. The van der Waals surface area contributed by atoms with Gasteiger partial charge in [-0.2, -0.15) is 0 Å². The van der Waals surface area contributed by atoms with Gasteiger partial charge in [0, 0.05) is 11.6 Å². The van der Waals surface area contributed by atoms with Gasteiger partial charge in [-0.05, 0) is 50.5 Å². The van der Waals surface area contributed by atoms with Crippen molar-refractivity contribution < 1.29 is 23.1 Å². The van der Waals surface area contributed by atoms with E-state index in [1.54, 1.807) is 6.92 Å². The van der Waals surface area contributed by atoms with Gasteiger partial charge >= 0.3 is 5.97 Å². The molecule has 1 aliphatic rings. The smallest absolute Gasteiger partial charge is 0.329 e. The van der Waals surface area contributed by atoms with E-state index in [0.717, 1.165) is 19.3 Å². The number of carbonyl (C=O) groups is 2. The molecule has 1 aromatic carbocycles. The van der Waals surface area contributed by atoms with Crippen LogP contribution in [0.1, 0.15) is 62.7 Å². The van der Waals surface area contributed by atoms with E-state index in [2.05, 4.69) is 10.0 Å². The Balaban J connectivity index is 2.14. The molecular weight excluding hydrogens is 356 g/mol. The summed E-state index contributed by atoms with van der Waals surface area (Å²) >= 11 is 0. The van der Waals surface area contributed by atoms with Gasteiger partial charge in [-0.3, -0.25) is 4.79 Å². The highest BCUT2D eigenvalue weighted by Crippen LogP contribution is 2.29. The van der Waals surface area contributed by atoms with E-state index in [-0.39, 0.29) is 16.5 Å². The van der Waals surface area contributed by atoms with Crippen LogP contribution < -0.4 is 10.0 Å². The molecule has 1 unspecified atom stereocenters. The van der Waals surface area contributed by atoms with Gasteiger partial charge in [0.1, 0.15) is 5.54 Å². The Bertz CT molecular complexity index is 752. The molecule has 1 aliphatic carbocycles. The number of aliphatic carboxylic acids is 1. The molecule has 0 saturated heterocycles. The number of hydrogen-bond acceptors (Lipinski definition) is 4. The monoisotopic (exact) mass is 382 g/mol. The molecule has 0 spiro atoms. The van der Waals surface area contributed by atoms with Gasteiger partial charge in [0.2, 0.25) is 10.0 Å². The third kappa shape index (κ3) is 4.62. The maximum absolute atomic E-state index is 12.5. The van der Waals surface area contributed by atoms with Crippen LogP contribution in [0.4, 0.5) is 0 Å².